The molecule has 62 valence electrons. The quantitative estimate of drug-likeness (QED) is 0.692. The van der Waals surface area contributed by atoms with Gasteiger partial charge in [0, 0.05) is 13.0 Å². The molecular formula is C7H12N2O2. The van der Waals surface area contributed by atoms with Gasteiger partial charge in [-0.3, -0.25) is 0 Å². The molecule has 0 bridgehead atoms. The summed E-state index contributed by atoms with van der Waals surface area (Å²) >= 11 is 0. The Bertz CT molecular complexity index is 232. The zero-order valence-electron chi connectivity index (χ0n) is 6.76. The van der Waals surface area contributed by atoms with Crippen LogP contribution in [-0.4, -0.2) is 18.6 Å². The van der Waals surface area contributed by atoms with Gasteiger partial charge in [0.2, 0.25) is 0 Å². The lowest BCUT2D eigenvalue weighted by Gasteiger charge is -1.89. The lowest BCUT2D eigenvalue weighted by Crippen LogP contribution is -2.02. The highest BCUT2D eigenvalue weighted by Crippen LogP contribution is 2.16. The van der Waals surface area contributed by atoms with Gasteiger partial charge in [-0.25, -0.2) is 0 Å². The number of hydrogen-bond acceptors (Lipinski definition) is 4. The monoisotopic (exact) mass is 156 g/mol. The van der Waals surface area contributed by atoms with Crippen molar-refractivity contribution in [2.75, 3.05) is 13.7 Å². The smallest absolute Gasteiger partial charge is 0.255 e. The molecule has 2 N–H and O–H groups in total. The minimum Gasteiger partial charge on any atom is -0.479 e. The number of nitrogens with zero attached hydrogens (tertiary/aromatic N) is 1. The van der Waals surface area contributed by atoms with E-state index in [0.717, 1.165) is 0 Å². The van der Waals surface area contributed by atoms with Gasteiger partial charge in [0.25, 0.3) is 5.88 Å². The first kappa shape index (κ1) is 8.07. The number of methoxy groups -OCH3 is 1. The van der Waals surface area contributed by atoms with Gasteiger partial charge in [0.15, 0.2) is 11.7 Å². The second-order valence-corrected chi connectivity index (χ2v) is 2.21. The van der Waals surface area contributed by atoms with E-state index in [9.17, 15) is 0 Å². The molecule has 1 aromatic heterocycles. The van der Waals surface area contributed by atoms with Crippen LogP contribution < -0.4 is 10.5 Å². The van der Waals surface area contributed by atoms with E-state index in [1.54, 1.807) is 7.11 Å². The molecule has 1 rings (SSSR count). The van der Waals surface area contributed by atoms with Crippen LogP contribution in [0, 0.1) is 6.92 Å². The Morgan fingerprint density at radius 2 is 2.36 bits per heavy atom. The molecule has 4 heteroatoms. The molecule has 0 aliphatic carbocycles. The molecule has 0 unspecified atom stereocenters. The van der Waals surface area contributed by atoms with E-state index >= 15 is 0 Å². The van der Waals surface area contributed by atoms with Crippen molar-refractivity contribution < 1.29 is 9.15 Å². The Morgan fingerprint density at radius 3 is 2.82 bits per heavy atom. The molecule has 11 heavy (non-hydrogen) atoms. The third-order valence-electron chi connectivity index (χ3n) is 1.35. The first-order chi connectivity index (χ1) is 5.27. The largest absolute Gasteiger partial charge is 0.479 e. The summed E-state index contributed by atoms with van der Waals surface area (Å²) < 4.78 is 10.2. The number of hydrogen-bond donors (Lipinski definition) is 1. The number of aromatic nitrogens is 1. The summed E-state index contributed by atoms with van der Waals surface area (Å²) in [7, 11) is 1.57. The number of aryl methyl sites for hydroxylation is 1. The molecule has 1 heterocycles. The predicted octanol–water partition coefficient (Wildman–Crippen LogP) is 0.493. The minimum absolute atomic E-state index is 0.545. The molecule has 4 nitrogen and oxygen atoms in total. The van der Waals surface area contributed by atoms with E-state index in [2.05, 4.69) is 4.98 Å². The molecule has 0 saturated heterocycles. The number of ether oxygens (including phenoxy) is 1. The van der Waals surface area contributed by atoms with Gasteiger partial charge >= 0.3 is 0 Å². The Balaban J connectivity index is 2.77. The summed E-state index contributed by atoms with van der Waals surface area (Å²) in [5.74, 6) is 1.89. The summed E-state index contributed by atoms with van der Waals surface area (Å²) in [5.41, 5.74) is 5.32. The van der Waals surface area contributed by atoms with Crippen LogP contribution in [0.25, 0.3) is 0 Å². The molecule has 0 aliphatic heterocycles. The second-order valence-electron chi connectivity index (χ2n) is 2.21. The summed E-state index contributed by atoms with van der Waals surface area (Å²) in [5, 5.41) is 0. The maximum absolute atomic E-state index is 5.32. The van der Waals surface area contributed by atoms with Gasteiger partial charge in [-0.2, -0.15) is 4.98 Å². The van der Waals surface area contributed by atoms with Crippen LogP contribution in [0.5, 0.6) is 5.88 Å². The topological polar surface area (TPSA) is 61.3 Å². The zero-order chi connectivity index (χ0) is 8.27. The molecular weight excluding hydrogens is 144 g/mol. The second kappa shape index (κ2) is 3.39. The highest BCUT2D eigenvalue weighted by Gasteiger charge is 2.07. The maximum Gasteiger partial charge on any atom is 0.255 e. The highest BCUT2D eigenvalue weighted by molar-refractivity contribution is 5.14. The first-order valence-electron chi connectivity index (χ1n) is 3.48. The molecule has 0 amide bonds. The van der Waals surface area contributed by atoms with Crippen LogP contribution in [0.3, 0.4) is 0 Å². The van der Waals surface area contributed by atoms with Crippen LogP contribution in [0.15, 0.2) is 4.42 Å². The number of nitrogens with two attached hydrogens (primary N) is 1. The number of rotatable bonds is 3. The predicted molar refractivity (Wildman–Crippen MR) is 40.6 cm³/mol. The van der Waals surface area contributed by atoms with Crippen LogP contribution >= 0.6 is 0 Å². The summed E-state index contributed by atoms with van der Waals surface area (Å²) in [4.78, 5) is 4.05. The Kier molecular flexibility index (Phi) is 2.48. The minimum atomic E-state index is 0.545. The van der Waals surface area contributed by atoms with Crippen molar-refractivity contribution in [2.24, 2.45) is 5.73 Å². The maximum atomic E-state index is 5.32. The first-order valence-corrected chi connectivity index (χ1v) is 3.48. The molecule has 0 fully saturated rings. The molecule has 0 atom stereocenters. The fraction of sp³-hybridized carbons (Fsp3) is 0.571. The molecule has 0 radical (unpaired) electrons. The summed E-state index contributed by atoms with van der Waals surface area (Å²) in [6.07, 6.45) is 0.657. The Labute approximate surface area is 65.4 Å². The summed E-state index contributed by atoms with van der Waals surface area (Å²) in [6, 6.07) is 0. The average molecular weight is 156 g/mol. The van der Waals surface area contributed by atoms with Gasteiger partial charge in [0.05, 0.1) is 7.11 Å². The SMILES string of the molecule is COc1nc(CCN)oc1C. The average Bonchev–Trinajstić information content (AvgIpc) is 2.32. The summed E-state index contributed by atoms with van der Waals surface area (Å²) in [6.45, 7) is 2.36. The fourth-order valence-electron chi connectivity index (χ4n) is 0.855. The van der Waals surface area contributed by atoms with E-state index in [-0.39, 0.29) is 0 Å². The van der Waals surface area contributed by atoms with Gasteiger partial charge in [-0.15, -0.1) is 0 Å². The van der Waals surface area contributed by atoms with E-state index in [0.29, 0.717) is 30.5 Å². The molecule has 0 aliphatic rings. The van der Waals surface area contributed by atoms with Crippen LogP contribution in [0.4, 0.5) is 0 Å². The van der Waals surface area contributed by atoms with Crippen LogP contribution in [-0.2, 0) is 6.42 Å². The number of oxazole rings is 1. The molecule has 0 aromatic carbocycles. The van der Waals surface area contributed by atoms with Crippen molar-refractivity contribution in [3.63, 3.8) is 0 Å². The Hall–Kier alpha value is -1.03. The normalized spacial score (nSPS) is 10.1. The highest BCUT2D eigenvalue weighted by atomic mass is 16.5. The third kappa shape index (κ3) is 1.71. The van der Waals surface area contributed by atoms with Crippen molar-refractivity contribution in [3.05, 3.63) is 11.7 Å². The van der Waals surface area contributed by atoms with Gasteiger partial charge < -0.3 is 14.9 Å². The van der Waals surface area contributed by atoms with Gasteiger partial charge in [0.1, 0.15) is 0 Å². The van der Waals surface area contributed by atoms with Crippen molar-refractivity contribution >= 4 is 0 Å². The van der Waals surface area contributed by atoms with Crippen molar-refractivity contribution in [3.8, 4) is 5.88 Å². The van der Waals surface area contributed by atoms with Gasteiger partial charge in [-0.1, -0.05) is 0 Å². The van der Waals surface area contributed by atoms with E-state index < -0.39 is 0 Å². The molecule has 0 spiro atoms. The zero-order valence-corrected chi connectivity index (χ0v) is 6.76. The third-order valence-corrected chi connectivity index (χ3v) is 1.35. The fourth-order valence-corrected chi connectivity index (χ4v) is 0.855. The lowest BCUT2D eigenvalue weighted by molar-refractivity contribution is 0.387. The standard InChI is InChI=1S/C7H12N2O2/c1-5-7(10-2)9-6(11-5)3-4-8/h3-4,8H2,1-2H3. The van der Waals surface area contributed by atoms with Crippen molar-refractivity contribution in [1.82, 2.24) is 4.98 Å². The van der Waals surface area contributed by atoms with Gasteiger partial charge in [-0.05, 0) is 6.92 Å². The van der Waals surface area contributed by atoms with Crippen molar-refractivity contribution in [2.45, 2.75) is 13.3 Å². The van der Waals surface area contributed by atoms with E-state index in [4.69, 9.17) is 14.9 Å². The lowest BCUT2D eigenvalue weighted by atomic mass is 10.4. The molecule has 1 aromatic rings. The van der Waals surface area contributed by atoms with Crippen LogP contribution in [0.2, 0.25) is 0 Å². The van der Waals surface area contributed by atoms with E-state index in [1.165, 1.54) is 0 Å². The van der Waals surface area contributed by atoms with E-state index in [1.807, 2.05) is 6.92 Å². The van der Waals surface area contributed by atoms with Crippen LogP contribution in [0.1, 0.15) is 11.7 Å². The molecule has 0 saturated carbocycles. The Morgan fingerprint density at radius 1 is 1.64 bits per heavy atom. The van der Waals surface area contributed by atoms with Crippen molar-refractivity contribution in [1.29, 1.82) is 0 Å².